The average Bonchev–Trinajstić information content (AvgIpc) is 3.21. The van der Waals surface area contributed by atoms with Crippen LogP contribution in [0.3, 0.4) is 0 Å². The summed E-state index contributed by atoms with van der Waals surface area (Å²) in [4.78, 5) is 24.0. The van der Waals surface area contributed by atoms with E-state index in [0.717, 1.165) is 22.1 Å². The number of hydrogen-bond acceptors (Lipinski definition) is 4. The molecule has 33 heavy (non-hydrogen) atoms. The highest BCUT2D eigenvalue weighted by atomic mass is 35.5. The summed E-state index contributed by atoms with van der Waals surface area (Å²) < 4.78 is 11.3. The second-order valence-electron chi connectivity index (χ2n) is 7.47. The highest BCUT2D eigenvalue weighted by molar-refractivity contribution is 6.30. The molecular formula is C26H21ClN2O4. The van der Waals surface area contributed by atoms with Crippen LogP contribution in [0.4, 0.5) is 5.69 Å². The third kappa shape index (κ3) is 4.76. The van der Waals surface area contributed by atoms with Crippen molar-refractivity contribution in [2.45, 2.75) is 6.92 Å². The van der Waals surface area contributed by atoms with Gasteiger partial charge in [0.1, 0.15) is 11.3 Å². The molecule has 1 aromatic heterocycles. The number of fused-ring (bicyclic) bond motifs is 1. The van der Waals surface area contributed by atoms with Crippen LogP contribution in [0, 0.1) is 0 Å². The molecule has 0 aliphatic rings. The Labute approximate surface area is 195 Å². The van der Waals surface area contributed by atoms with Crippen molar-refractivity contribution in [1.82, 2.24) is 0 Å². The number of furan rings is 1. The normalized spacial score (nSPS) is 11.4. The number of methoxy groups -OCH3 is 1. The summed E-state index contributed by atoms with van der Waals surface area (Å²) in [7, 11) is 1.57. The molecule has 0 radical (unpaired) electrons. The number of carbonyl (C=O) groups excluding carboxylic acids is 2. The molecule has 0 aliphatic heterocycles. The molecule has 7 heteroatoms. The zero-order valence-corrected chi connectivity index (χ0v) is 18.8. The Morgan fingerprint density at radius 1 is 1.09 bits per heavy atom. The maximum Gasteiger partial charge on any atom is 0.248 e. The second-order valence-corrected chi connectivity index (χ2v) is 7.90. The molecule has 4 rings (SSSR count). The van der Waals surface area contributed by atoms with E-state index in [1.807, 2.05) is 37.3 Å². The zero-order chi connectivity index (χ0) is 23.5. The summed E-state index contributed by atoms with van der Waals surface area (Å²) in [5, 5.41) is 4.29. The molecule has 0 bridgehead atoms. The summed E-state index contributed by atoms with van der Waals surface area (Å²) in [6.07, 6.45) is 3.16. The van der Waals surface area contributed by atoms with Gasteiger partial charge in [-0.05, 0) is 54.5 Å². The molecule has 6 nitrogen and oxygen atoms in total. The number of primary amides is 1. The third-order valence-corrected chi connectivity index (χ3v) is 5.49. The van der Waals surface area contributed by atoms with Gasteiger partial charge < -0.3 is 20.2 Å². The van der Waals surface area contributed by atoms with Gasteiger partial charge >= 0.3 is 0 Å². The summed E-state index contributed by atoms with van der Waals surface area (Å²) in [5.74, 6) is -0.328. The van der Waals surface area contributed by atoms with Crippen LogP contribution in [0.15, 0.2) is 77.4 Å². The molecular weight excluding hydrogens is 440 g/mol. The van der Waals surface area contributed by atoms with Crippen LogP contribution < -0.4 is 15.8 Å². The Morgan fingerprint density at radius 2 is 1.85 bits per heavy atom. The van der Waals surface area contributed by atoms with Crippen molar-refractivity contribution in [1.29, 1.82) is 0 Å². The quantitative estimate of drug-likeness (QED) is 0.350. The topological polar surface area (TPSA) is 94.6 Å². The van der Waals surface area contributed by atoms with Gasteiger partial charge in [-0.3, -0.25) is 9.59 Å². The SMILES string of the molecule is COc1cc2occ(-c3ccc(Cl)cc3)c2cc1/C(C)=C/C(=O)Nc1cccc(C(N)=O)c1. The Bertz CT molecular complexity index is 1390. The van der Waals surface area contributed by atoms with E-state index in [2.05, 4.69) is 5.32 Å². The minimum Gasteiger partial charge on any atom is -0.496 e. The molecule has 0 aliphatic carbocycles. The fraction of sp³-hybridized carbons (Fsp3) is 0.0769. The molecule has 3 N–H and O–H groups in total. The number of hydrogen-bond donors (Lipinski definition) is 2. The number of amides is 2. The molecule has 3 aromatic carbocycles. The van der Waals surface area contributed by atoms with Crippen LogP contribution in [0.5, 0.6) is 5.75 Å². The minimum absolute atomic E-state index is 0.315. The van der Waals surface area contributed by atoms with Gasteiger partial charge in [-0.15, -0.1) is 0 Å². The third-order valence-electron chi connectivity index (χ3n) is 5.24. The van der Waals surface area contributed by atoms with E-state index in [1.54, 1.807) is 37.6 Å². The molecule has 0 fully saturated rings. The smallest absolute Gasteiger partial charge is 0.248 e. The Morgan fingerprint density at radius 3 is 2.55 bits per heavy atom. The van der Waals surface area contributed by atoms with Crippen LogP contribution in [0.25, 0.3) is 27.7 Å². The van der Waals surface area contributed by atoms with Crippen molar-refractivity contribution in [2.75, 3.05) is 12.4 Å². The number of ether oxygens (including phenoxy) is 1. The number of nitrogens with two attached hydrogens (primary N) is 1. The first-order valence-electron chi connectivity index (χ1n) is 10.1. The Hall–Kier alpha value is -4.03. The number of carbonyl (C=O) groups is 2. The van der Waals surface area contributed by atoms with Crippen molar-refractivity contribution in [3.8, 4) is 16.9 Å². The number of rotatable bonds is 6. The number of allylic oxidation sites excluding steroid dienone is 1. The molecule has 0 atom stereocenters. The van der Waals surface area contributed by atoms with Gasteiger partial charge in [0.15, 0.2) is 0 Å². The van der Waals surface area contributed by atoms with E-state index < -0.39 is 5.91 Å². The first kappa shape index (κ1) is 22.2. The lowest BCUT2D eigenvalue weighted by atomic mass is 9.99. The number of halogens is 1. The molecule has 1 heterocycles. The highest BCUT2D eigenvalue weighted by Gasteiger charge is 2.15. The van der Waals surface area contributed by atoms with Gasteiger partial charge in [-0.1, -0.05) is 29.8 Å². The van der Waals surface area contributed by atoms with E-state index in [-0.39, 0.29) is 5.91 Å². The van der Waals surface area contributed by atoms with Crippen LogP contribution >= 0.6 is 11.6 Å². The van der Waals surface area contributed by atoms with Crippen molar-refractivity contribution >= 4 is 45.6 Å². The molecule has 0 saturated heterocycles. The average molecular weight is 461 g/mol. The number of benzene rings is 3. The van der Waals surface area contributed by atoms with Crippen LogP contribution in [-0.2, 0) is 4.79 Å². The molecule has 2 amide bonds. The van der Waals surface area contributed by atoms with Crippen molar-refractivity contribution in [3.63, 3.8) is 0 Å². The highest BCUT2D eigenvalue weighted by Crippen LogP contribution is 2.37. The van der Waals surface area contributed by atoms with E-state index in [4.69, 9.17) is 26.5 Å². The number of nitrogens with one attached hydrogen (secondary N) is 1. The fourth-order valence-electron chi connectivity index (χ4n) is 3.59. The van der Waals surface area contributed by atoms with E-state index in [9.17, 15) is 9.59 Å². The standard InChI is InChI=1S/C26H21ClN2O4/c1-15(10-25(30)29-19-5-3-4-17(11-19)26(28)31)20-12-21-22(16-6-8-18(27)9-7-16)14-33-24(21)13-23(20)32-2/h3-14H,1-2H3,(H2,28,31)(H,29,30)/b15-10+. The van der Waals surface area contributed by atoms with E-state index in [1.165, 1.54) is 12.1 Å². The van der Waals surface area contributed by atoms with Gasteiger partial charge in [0.2, 0.25) is 11.8 Å². The maximum atomic E-state index is 12.6. The lowest BCUT2D eigenvalue weighted by Crippen LogP contribution is -2.13. The number of anilines is 1. The lowest BCUT2D eigenvalue weighted by molar-refractivity contribution is -0.111. The predicted molar refractivity (Wildman–Crippen MR) is 130 cm³/mol. The monoisotopic (exact) mass is 460 g/mol. The molecule has 0 unspecified atom stereocenters. The van der Waals surface area contributed by atoms with Crippen molar-refractivity contribution < 1.29 is 18.7 Å². The summed E-state index contributed by atoms with van der Waals surface area (Å²) in [5.41, 5.74) is 10.1. The van der Waals surface area contributed by atoms with E-state index >= 15 is 0 Å². The largest absolute Gasteiger partial charge is 0.496 e. The second kappa shape index (κ2) is 9.22. The molecule has 0 saturated carbocycles. The van der Waals surface area contributed by atoms with Gasteiger partial charge in [0.25, 0.3) is 0 Å². The Kier molecular flexibility index (Phi) is 6.20. The van der Waals surface area contributed by atoms with Crippen LogP contribution in [-0.4, -0.2) is 18.9 Å². The van der Waals surface area contributed by atoms with Gasteiger partial charge in [-0.2, -0.15) is 0 Å². The fourth-order valence-corrected chi connectivity index (χ4v) is 3.71. The van der Waals surface area contributed by atoms with Gasteiger partial charge in [-0.25, -0.2) is 0 Å². The summed E-state index contributed by atoms with van der Waals surface area (Å²) in [6.45, 7) is 1.82. The van der Waals surface area contributed by atoms with Gasteiger partial charge in [0.05, 0.1) is 13.4 Å². The van der Waals surface area contributed by atoms with Crippen molar-refractivity contribution in [3.05, 3.63) is 89.2 Å². The minimum atomic E-state index is -0.563. The van der Waals surface area contributed by atoms with E-state index in [0.29, 0.717) is 33.2 Å². The predicted octanol–water partition coefficient (Wildman–Crippen LogP) is 5.90. The summed E-state index contributed by atoms with van der Waals surface area (Å²) >= 11 is 6.02. The zero-order valence-electron chi connectivity index (χ0n) is 18.0. The van der Waals surface area contributed by atoms with Gasteiger partial charge in [0, 0.05) is 44.9 Å². The first-order chi connectivity index (χ1) is 15.9. The molecule has 4 aromatic rings. The molecule has 166 valence electrons. The van der Waals surface area contributed by atoms with Crippen LogP contribution in [0.1, 0.15) is 22.8 Å². The Balaban J connectivity index is 1.68. The van der Waals surface area contributed by atoms with Crippen LogP contribution in [0.2, 0.25) is 5.02 Å². The summed E-state index contributed by atoms with van der Waals surface area (Å²) in [6, 6.07) is 17.7. The lowest BCUT2D eigenvalue weighted by Gasteiger charge is -2.10. The van der Waals surface area contributed by atoms with Crippen molar-refractivity contribution in [2.24, 2.45) is 5.73 Å². The molecule has 0 spiro atoms. The first-order valence-corrected chi connectivity index (χ1v) is 10.5. The maximum absolute atomic E-state index is 12.6.